The smallest absolute Gasteiger partial charge is 0.266 e. The third-order valence-corrected chi connectivity index (χ3v) is 5.74. The van der Waals surface area contributed by atoms with Crippen LogP contribution in [0.2, 0.25) is 0 Å². The molecule has 9 heteroatoms. The van der Waals surface area contributed by atoms with E-state index in [0.717, 1.165) is 24.9 Å². The molecule has 29 heavy (non-hydrogen) atoms. The molecule has 157 valence electrons. The molecule has 3 rings (SSSR count). The Kier molecular flexibility index (Phi) is 6.26. The maximum absolute atomic E-state index is 13.4. The predicted octanol–water partition coefficient (Wildman–Crippen LogP) is 1.15. The Hall–Kier alpha value is -2.81. The molecular weight excluding hydrogens is 374 g/mol. The van der Waals surface area contributed by atoms with E-state index in [1.165, 1.54) is 0 Å². The molecule has 2 heterocycles. The first-order chi connectivity index (χ1) is 13.9. The van der Waals surface area contributed by atoms with Crippen LogP contribution in [0.3, 0.4) is 0 Å². The summed E-state index contributed by atoms with van der Waals surface area (Å²) in [6.45, 7) is 2.42. The zero-order chi connectivity index (χ0) is 21.0. The fourth-order valence-electron chi connectivity index (χ4n) is 4.28. The first-order valence-corrected chi connectivity index (χ1v) is 10.0. The van der Waals surface area contributed by atoms with Crippen LogP contribution in [0.15, 0.2) is 18.2 Å². The third kappa shape index (κ3) is 4.00. The van der Waals surface area contributed by atoms with Crippen molar-refractivity contribution in [2.75, 3.05) is 23.7 Å². The summed E-state index contributed by atoms with van der Waals surface area (Å²) in [7, 11) is 0. The van der Waals surface area contributed by atoms with E-state index in [2.05, 4.69) is 16.7 Å². The molecule has 5 N–H and O–H groups in total. The van der Waals surface area contributed by atoms with Gasteiger partial charge < -0.3 is 21.3 Å². The molecule has 1 aromatic carbocycles. The molecule has 3 amide bonds. The van der Waals surface area contributed by atoms with Gasteiger partial charge in [0.2, 0.25) is 18.0 Å². The van der Waals surface area contributed by atoms with Crippen LogP contribution in [-0.4, -0.2) is 58.2 Å². The molecule has 1 fully saturated rings. The highest BCUT2D eigenvalue weighted by atomic mass is 16.5. The lowest BCUT2D eigenvalue weighted by Gasteiger charge is -2.40. The lowest BCUT2D eigenvalue weighted by atomic mass is 9.94. The molecule has 1 aromatic rings. The summed E-state index contributed by atoms with van der Waals surface area (Å²) in [6, 6.07) is 7.73. The second-order valence-electron chi connectivity index (χ2n) is 7.65. The number of nitrogens with one attached hydrogen (secondary N) is 2. The van der Waals surface area contributed by atoms with Crippen molar-refractivity contribution in [3.8, 4) is 0 Å². The third-order valence-electron chi connectivity index (χ3n) is 5.74. The maximum Gasteiger partial charge on any atom is 0.266 e. The highest BCUT2D eigenvalue weighted by molar-refractivity contribution is 5.98. The van der Waals surface area contributed by atoms with Gasteiger partial charge in [0.15, 0.2) is 0 Å². The van der Waals surface area contributed by atoms with Crippen LogP contribution in [0.5, 0.6) is 0 Å². The second-order valence-corrected chi connectivity index (χ2v) is 7.65. The quantitative estimate of drug-likeness (QED) is 0.279. The molecule has 0 saturated carbocycles. The molecule has 1 radical (unpaired) electrons. The summed E-state index contributed by atoms with van der Waals surface area (Å²) in [5.41, 5.74) is 5.92. The van der Waals surface area contributed by atoms with Crippen LogP contribution in [0.1, 0.15) is 39.0 Å². The summed E-state index contributed by atoms with van der Waals surface area (Å²) in [5, 5.41) is 16.5. The van der Waals surface area contributed by atoms with Crippen molar-refractivity contribution in [2.45, 2.75) is 50.7 Å². The Morgan fingerprint density at radius 2 is 2.24 bits per heavy atom. The number of carbonyl (C=O) groups is 3. The van der Waals surface area contributed by atoms with Gasteiger partial charge in [-0.3, -0.25) is 19.6 Å². The van der Waals surface area contributed by atoms with Crippen LogP contribution in [0, 0.1) is 12.0 Å². The number of nitrogens with zero attached hydrogens (tertiary/aromatic N) is 2. The predicted molar refractivity (Wildman–Crippen MR) is 107 cm³/mol. The van der Waals surface area contributed by atoms with Gasteiger partial charge in [0, 0.05) is 6.54 Å². The van der Waals surface area contributed by atoms with Crippen molar-refractivity contribution in [3.63, 3.8) is 0 Å². The Morgan fingerprint density at radius 1 is 1.48 bits per heavy atom. The molecule has 0 bridgehead atoms. The van der Waals surface area contributed by atoms with E-state index in [1.807, 2.05) is 6.92 Å². The van der Waals surface area contributed by atoms with Gasteiger partial charge in [-0.25, -0.2) is 5.06 Å². The van der Waals surface area contributed by atoms with Gasteiger partial charge in [-0.05, 0) is 37.5 Å². The normalized spacial score (nSPS) is 20.3. The zero-order valence-electron chi connectivity index (χ0n) is 16.6. The van der Waals surface area contributed by atoms with Crippen LogP contribution in [-0.2, 0) is 14.4 Å². The van der Waals surface area contributed by atoms with E-state index in [0.29, 0.717) is 36.5 Å². The van der Waals surface area contributed by atoms with E-state index in [-0.39, 0.29) is 12.5 Å². The number of carbonyl (C=O) groups excluding carboxylic acids is 3. The molecule has 0 aromatic heterocycles. The number of fused-ring (bicyclic) bond motifs is 1. The topological polar surface area (TPSA) is 128 Å². The molecule has 2 aliphatic heterocycles. The van der Waals surface area contributed by atoms with Crippen molar-refractivity contribution < 1.29 is 19.6 Å². The minimum atomic E-state index is -1.32. The highest BCUT2D eigenvalue weighted by Crippen LogP contribution is 2.40. The molecule has 0 spiro atoms. The van der Waals surface area contributed by atoms with Gasteiger partial charge in [-0.15, -0.1) is 0 Å². The number of hydrogen-bond acceptors (Lipinski definition) is 6. The first kappa shape index (κ1) is 20.9. The van der Waals surface area contributed by atoms with Gasteiger partial charge in [-0.1, -0.05) is 25.8 Å². The molecule has 0 aliphatic carbocycles. The van der Waals surface area contributed by atoms with E-state index >= 15 is 0 Å². The van der Waals surface area contributed by atoms with Crippen molar-refractivity contribution in [1.29, 1.82) is 0 Å². The standard InChI is InChI=1S/C20H28N5O4/c1-2-3-7-14(12-24(29)13-26)18(27)25-11-6-10-17(25)20(19(21)28)22-15-8-4-5-9-16(15)23-20/h4,8-9,13-14,17,22-23,29H,2-3,6-7,10-12H2,1H3,(H2,21,28)/t14-,17+,20?/m1/s1. The number of nitrogens with two attached hydrogens (primary N) is 1. The fraction of sp³-hybridized carbons (Fsp3) is 0.550. The minimum absolute atomic E-state index is 0.0782. The lowest BCUT2D eigenvalue weighted by molar-refractivity contribution is -0.157. The summed E-state index contributed by atoms with van der Waals surface area (Å²) >= 11 is 0. The fourth-order valence-corrected chi connectivity index (χ4v) is 4.28. The van der Waals surface area contributed by atoms with Gasteiger partial charge in [-0.2, -0.15) is 0 Å². The van der Waals surface area contributed by atoms with Crippen LogP contribution in [0.25, 0.3) is 0 Å². The zero-order valence-corrected chi connectivity index (χ0v) is 16.6. The Labute approximate surface area is 170 Å². The largest absolute Gasteiger partial charge is 0.366 e. The Morgan fingerprint density at radius 3 is 2.90 bits per heavy atom. The van der Waals surface area contributed by atoms with Gasteiger partial charge in [0.1, 0.15) is 0 Å². The molecule has 9 nitrogen and oxygen atoms in total. The van der Waals surface area contributed by atoms with Crippen molar-refractivity contribution in [3.05, 3.63) is 24.3 Å². The number of primary amides is 1. The monoisotopic (exact) mass is 402 g/mol. The summed E-state index contributed by atoms with van der Waals surface area (Å²) in [4.78, 5) is 38.5. The molecule has 1 unspecified atom stereocenters. The minimum Gasteiger partial charge on any atom is -0.366 e. The van der Waals surface area contributed by atoms with Crippen LogP contribution < -0.4 is 16.4 Å². The molecule has 2 aliphatic rings. The number of rotatable bonds is 9. The molecular formula is C20H28N5O4. The number of benzene rings is 1. The number of unbranched alkanes of at least 4 members (excludes halogenated alkanes) is 1. The van der Waals surface area contributed by atoms with E-state index in [4.69, 9.17) is 5.73 Å². The second kappa shape index (κ2) is 8.69. The van der Waals surface area contributed by atoms with Crippen molar-refractivity contribution in [2.24, 2.45) is 11.7 Å². The van der Waals surface area contributed by atoms with Crippen LogP contribution in [0.4, 0.5) is 11.4 Å². The maximum atomic E-state index is 13.4. The number of amides is 3. The summed E-state index contributed by atoms with van der Waals surface area (Å²) < 4.78 is 0. The summed E-state index contributed by atoms with van der Waals surface area (Å²) in [6.07, 6.45) is 3.85. The van der Waals surface area contributed by atoms with Gasteiger partial charge >= 0.3 is 0 Å². The van der Waals surface area contributed by atoms with E-state index in [1.54, 1.807) is 23.1 Å². The number of likely N-dealkylation sites (tertiary alicyclic amines) is 1. The lowest BCUT2D eigenvalue weighted by Crippen LogP contribution is -2.66. The average molecular weight is 402 g/mol. The van der Waals surface area contributed by atoms with Crippen molar-refractivity contribution >= 4 is 29.6 Å². The SMILES string of the molecule is CCCC[C@H](CN(O)C=O)C(=O)N1CCC[C@H]1C1(C(N)=O)Nc2c[c]ccc2N1. The number of hydroxylamine groups is 2. The van der Waals surface area contributed by atoms with E-state index < -0.39 is 23.5 Å². The molecule has 3 atom stereocenters. The number of anilines is 2. The Balaban J connectivity index is 1.86. The van der Waals surface area contributed by atoms with Gasteiger partial charge in [0.05, 0.1) is 29.9 Å². The summed E-state index contributed by atoms with van der Waals surface area (Å²) in [5.74, 6) is -1.33. The van der Waals surface area contributed by atoms with E-state index in [9.17, 15) is 19.6 Å². The van der Waals surface area contributed by atoms with Gasteiger partial charge in [0.25, 0.3) is 5.91 Å². The average Bonchev–Trinajstić information content (AvgIpc) is 3.35. The van der Waals surface area contributed by atoms with Crippen LogP contribution >= 0.6 is 0 Å². The first-order valence-electron chi connectivity index (χ1n) is 10.0. The number of hydrogen-bond donors (Lipinski definition) is 4. The highest BCUT2D eigenvalue weighted by Gasteiger charge is 2.54. The van der Waals surface area contributed by atoms with Crippen molar-refractivity contribution in [1.82, 2.24) is 9.96 Å². The Bertz CT molecular complexity index is 746. The molecule has 1 saturated heterocycles.